The molecule has 0 radical (unpaired) electrons. The Hall–Kier alpha value is -1.84. The lowest BCUT2D eigenvalue weighted by Crippen LogP contribution is -2.01. The molecule has 0 aromatic carbocycles. The van der Waals surface area contributed by atoms with Gasteiger partial charge in [-0.1, -0.05) is 0 Å². The minimum absolute atomic E-state index is 0.0555. The first-order valence-electron chi connectivity index (χ1n) is 5.78. The lowest BCUT2D eigenvalue weighted by Gasteiger charge is -2.05. The number of hydrogen-bond acceptors (Lipinski definition) is 3. The van der Waals surface area contributed by atoms with Gasteiger partial charge < -0.3 is 4.74 Å². The van der Waals surface area contributed by atoms with E-state index in [-0.39, 0.29) is 5.78 Å². The number of fused-ring (bicyclic) bond motifs is 1. The highest BCUT2D eigenvalue weighted by Crippen LogP contribution is 2.40. The summed E-state index contributed by atoms with van der Waals surface area (Å²) >= 11 is 0. The smallest absolute Gasteiger partial charge is 0.214 e. The van der Waals surface area contributed by atoms with Gasteiger partial charge in [-0.2, -0.15) is 5.10 Å². The molecule has 0 amide bonds. The summed E-state index contributed by atoms with van der Waals surface area (Å²) in [7, 11) is 1.61. The minimum atomic E-state index is 0.0555. The van der Waals surface area contributed by atoms with Crippen LogP contribution in [0, 0.1) is 0 Å². The predicted octanol–water partition coefficient (Wildman–Crippen LogP) is 2.42. The fourth-order valence-electron chi connectivity index (χ4n) is 2.10. The van der Waals surface area contributed by atoms with E-state index in [1.165, 1.54) is 12.8 Å². The Morgan fingerprint density at radius 2 is 2.24 bits per heavy atom. The van der Waals surface area contributed by atoms with E-state index in [1.807, 2.05) is 6.07 Å². The van der Waals surface area contributed by atoms with Crippen molar-refractivity contribution in [2.45, 2.75) is 25.7 Å². The molecule has 0 aliphatic heterocycles. The van der Waals surface area contributed by atoms with Crippen LogP contribution in [-0.2, 0) is 0 Å². The SMILES string of the molecule is COc1ccc(C(C)=O)c2cc(C3CC3)nn12. The van der Waals surface area contributed by atoms with Crippen molar-refractivity contribution in [3.8, 4) is 5.88 Å². The molecule has 3 rings (SSSR count). The Morgan fingerprint density at radius 3 is 2.82 bits per heavy atom. The van der Waals surface area contributed by atoms with Crippen molar-refractivity contribution in [2.75, 3.05) is 7.11 Å². The van der Waals surface area contributed by atoms with Gasteiger partial charge in [0.2, 0.25) is 5.88 Å². The number of nitrogens with zero attached hydrogens (tertiary/aromatic N) is 2. The van der Waals surface area contributed by atoms with Gasteiger partial charge in [-0.05, 0) is 31.9 Å². The average molecular weight is 230 g/mol. The molecule has 4 heteroatoms. The number of ketones is 1. The molecule has 0 unspecified atom stereocenters. The van der Waals surface area contributed by atoms with Gasteiger partial charge in [0.25, 0.3) is 0 Å². The van der Waals surface area contributed by atoms with Crippen LogP contribution in [0.15, 0.2) is 18.2 Å². The molecule has 1 aliphatic carbocycles. The maximum Gasteiger partial charge on any atom is 0.214 e. The molecule has 0 bridgehead atoms. The Balaban J connectivity index is 2.27. The lowest BCUT2D eigenvalue weighted by molar-refractivity contribution is 0.101. The zero-order valence-corrected chi connectivity index (χ0v) is 9.93. The van der Waals surface area contributed by atoms with Crippen molar-refractivity contribution in [1.29, 1.82) is 0 Å². The summed E-state index contributed by atoms with van der Waals surface area (Å²) in [5, 5.41) is 4.53. The minimum Gasteiger partial charge on any atom is -0.481 e. The summed E-state index contributed by atoms with van der Waals surface area (Å²) in [6, 6.07) is 5.60. The molecule has 4 nitrogen and oxygen atoms in total. The summed E-state index contributed by atoms with van der Waals surface area (Å²) in [6.07, 6.45) is 2.39. The summed E-state index contributed by atoms with van der Waals surface area (Å²) in [5.74, 6) is 1.29. The topological polar surface area (TPSA) is 43.6 Å². The van der Waals surface area contributed by atoms with Crippen molar-refractivity contribution in [3.05, 3.63) is 29.5 Å². The Labute approximate surface area is 99.2 Å². The number of carbonyl (C=O) groups excluding carboxylic acids is 1. The molecule has 0 N–H and O–H groups in total. The van der Waals surface area contributed by atoms with E-state index in [0.717, 1.165) is 11.2 Å². The molecule has 2 aromatic rings. The molecule has 1 fully saturated rings. The first kappa shape index (κ1) is 10.3. The number of aromatic nitrogens is 2. The zero-order chi connectivity index (χ0) is 12.0. The van der Waals surface area contributed by atoms with Gasteiger partial charge in [0.05, 0.1) is 18.3 Å². The van der Waals surface area contributed by atoms with E-state index in [4.69, 9.17) is 4.74 Å². The molecule has 0 atom stereocenters. The maximum atomic E-state index is 11.6. The summed E-state index contributed by atoms with van der Waals surface area (Å²) in [4.78, 5) is 11.6. The largest absolute Gasteiger partial charge is 0.481 e. The highest BCUT2D eigenvalue weighted by Gasteiger charge is 2.27. The van der Waals surface area contributed by atoms with Gasteiger partial charge in [-0.15, -0.1) is 0 Å². The van der Waals surface area contributed by atoms with E-state index < -0.39 is 0 Å². The van der Waals surface area contributed by atoms with Crippen molar-refractivity contribution in [1.82, 2.24) is 9.61 Å². The monoisotopic (exact) mass is 230 g/mol. The van der Waals surface area contributed by atoms with E-state index in [1.54, 1.807) is 30.7 Å². The van der Waals surface area contributed by atoms with Gasteiger partial charge in [-0.3, -0.25) is 4.79 Å². The average Bonchev–Trinajstić information content (AvgIpc) is 3.06. The third-order valence-electron chi connectivity index (χ3n) is 3.19. The first-order valence-corrected chi connectivity index (χ1v) is 5.78. The van der Waals surface area contributed by atoms with Crippen LogP contribution in [0.3, 0.4) is 0 Å². The summed E-state index contributed by atoms with van der Waals surface area (Å²) in [5.41, 5.74) is 2.61. The van der Waals surface area contributed by atoms with E-state index >= 15 is 0 Å². The highest BCUT2D eigenvalue weighted by molar-refractivity contribution is 6.00. The van der Waals surface area contributed by atoms with Crippen LogP contribution >= 0.6 is 0 Å². The van der Waals surface area contributed by atoms with Gasteiger partial charge in [0.15, 0.2) is 5.78 Å². The number of ether oxygens (including phenoxy) is 1. The molecule has 2 aromatic heterocycles. The van der Waals surface area contributed by atoms with Gasteiger partial charge >= 0.3 is 0 Å². The summed E-state index contributed by atoms with van der Waals surface area (Å²) < 4.78 is 6.99. The molecule has 1 saturated carbocycles. The third kappa shape index (κ3) is 1.60. The normalized spacial score (nSPS) is 15.2. The number of carbonyl (C=O) groups is 1. The van der Waals surface area contributed by atoms with Crippen LogP contribution in [0.2, 0.25) is 0 Å². The van der Waals surface area contributed by atoms with Crippen molar-refractivity contribution >= 4 is 11.3 Å². The quantitative estimate of drug-likeness (QED) is 0.760. The van der Waals surface area contributed by atoms with Crippen LogP contribution in [0.5, 0.6) is 5.88 Å². The van der Waals surface area contributed by atoms with Crippen LogP contribution in [-0.4, -0.2) is 22.5 Å². The molecule has 17 heavy (non-hydrogen) atoms. The second-order valence-electron chi connectivity index (χ2n) is 4.49. The number of Topliss-reactive ketones (excluding diaryl/α,β-unsaturated/α-hetero) is 1. The standard InChI is InChI=1S/C13H14N2O2/c1-8(16)10-5-6-13(17-2)15-12(10)7-11(14-15)9-3-4-9/h5-7,9H,3-4H2,1-2H3. The fourth-order valence-corrected chi connectivity index (χ4v) is 2.10. The maximum absolute atomic E-state index is 11.6. The fraction of sp³-hybridized carbons (Fsp3) is 0.385. The predicted molar refractivity (Wildman–Crippen MR) is 63.7 cm³/mol. The first-order chi connectivity index (χ1) is 8.20. The second kappa shape index (κ2) is 3.58. The number of pyridine rings is 1. The highest BCUT2D eigenvalue weighted by atomic mass is 16.5. The van der Waals surface area contributed by atoms with Crippen LogP contribution in [0.4, 0.5) is 0 Å². The molecule has 88 valence electrons. The van der Waals surface area contributed by atoms with Gasteiger partial charge in [0, 0.05) is 17.5 Å². The molecule has 2 heterocycles. The van der Waals surface area contributed by atoms with E-state index in [0.29, 0.717) is 17.4 Å². The van der Waals surface area contributed by atoms with Crippen molar-refractivity contribution in [2.24, 2.45) is 0 Å². The van der Waals surface area contributed by atoms with Crippen LogP contribution in [0.25, 0.3) is 5.52 Å². The number of methoxy groups -OCH3 is 1. The molecule has 0 spiro atoms. The second-order valence-corrected chi connectivity index (χ2v) is 4.49. The van der Waals surface area contributed by atoms with Crippen molar-refractivity contribution < 1.29 is 9.53 Å². The molecular weight excluding hydrogens is 216 g/mol. The zero-order valence-electron chi connectivity index (χ0n) is 9.93. The molecular formula is C13H14N2O2. The van der Waals surface area contributed by atoms with Crippen molar-refractivity contribution in [3.63, 3.8) is 0 Å². The third-order valence-corrected chi connectivity index (χ3v) is 3.19. The van der Waals surface area contributed by atoms with Gasteiger partial charge in [-0.25, -0.2) is 4.52 Å². The van der Waals surface area contributed by atoms with E-state index in [2.05, 4.69) is 5.10 Å². The molecule has 1 aliphatic rings. The van der Waals surface area contributed by atoms with E-state index in [9.17, 15) is 4.79 Å². The van der Waals surface area contributed by atoms with Crippen LogP contribution in [0.1, 0.15) is 41.7 Å². The van der Waals surface area contributed by atoms with Gasteiger partial charge in [0.1, 0.15) is 0 Å². The Kier molecular flexibility index (Phi) is 2.18. The molecule has 0 saturated heterocycles. The Bertz CT molecular complexity index is 597. The number of hydrogen-bond donors (Lipinski definition) is 0. The Morgan fingerprint density at radius 1 is 1.47 bits per heavy atom. The summed E-state index contributed by atoms with van der Waals surface area (Å²) in [6.45, 7) is 1.58. The number of rotatable bonds is 3. The lowest BCUT2D eigenvalue weighted by atomic mass is 10.1. The van der Waals surface area contributed by atoms with Crippen LogP contribution < -0.4 is 4.74 Å².